The van der Waals surface area contributed by atoms with Crippen molar-refractivity contribution in [2.45, 2.75) is 19.5 Å². The van der Waals surface area contributed by atoms with Crippen LogP contribution in [0.1, 0.15) is 21.5 Å². The molecule has 30 heavy (non-hydrogen) atoms. The number of amides is 2. The molecule has 8 nitrogen and oxygen atoms in total. The molecular weight excluding hydrogens is 384 g/mol. The predicted molar refractivity (Wildman–Crippen MR) is 108 cm³/mol. The number of hydrogen-bond acceptors (Lipinski definition) is 5. The van der Waals surface area contributed by atoms with Gasteiger partial charge in [0.25, 0.3) is 5.91 Å². The van der Waals surface area contributed by atoms with E-state index in [2.05, 4.69) is 22.5 Å². The molecule has 8 heteroatoms. The van der Waals surface area contributed by atoms with Crippen LogP contribution in [0, 0.1) is 0 Å². The molecule has 1 aromatic heterocycles. The fraction of sp³-hybridized carbons (Fsp3) is 0.227. The summed E-state index contributed by atoms with van der Waals surface area (Å²) in [5.74, 6) is 0.887. The fourth-order valence-corrected chi connectivity index (χ4v) is 3.70. The van der Waals surface area contributed by atoms with Gasteiger partial charge in [-0.3, -0.25) is 14.3 Å². The predicted octanol–water partition coefficient (Wildman–Crippen LogP) is 2.45. The molecule has 3 heterocycles. The summed E-state index contributed by atoms with van der Waals surface area (Å²) in [6.07, 6.45) is 4.04. The molecule has 5 rings (SSSR count). The second-order valence-corrected chi connectivity index (χ2v) is 7.28. The van der Waals surface area contributed by atoms with Crippen LogP contribution < -0.4 is 14.8 Å². The number of aromatic nitrogens is 2. The highest BCUT2D eigenvalue weighted by atomic mass is 16.7. The molecule has 0 radical (unpaired) electrons. The zero-order valence-corrected chi connectivity index (χ0v) is 16.2. The molecule has 152 valence electrons. The third kappa shape index (κ3) is 3.59. The summed E-state index contributed by atoms with van der Waals surface area (Å²) in [6.45, 7) is 1.60. The first-order chi connectivity index (χ1) is 14.7. The number of benzene rings is 2. The molecular formula is C22H20N4O4. The monoisotopic (exact) mass is 404 g/mol. The Morgan fingerprint density at radius 3 is 2.80 bits per heavy atom. The molecule has 0 saturated carbocycles. The Morgan fingerprint density at radius 1 is 1.07 bits per heavy atom. The number of nitrogens with zero attached hydrogens (tertiary/aromatic N) is 3. The first-order valence-electron chi connectivity index (χ1n) is 9.74. The van der Waals surface area contributed by atoms with E-state index in [1.165, 1.54) is 22.0 Å². The number of anilines is 1. The highest BCUT2D eigenvalue weighted by Gasteiger charge is 2.21. The Bertz CT molecular complexity index is 1120. The van der Waals surface area contributed by atoms with Gasteiger partial charge in [0.2, 0.25) is 12.7 Å². The molecule has 1 N–H and O–H groups in total. The molecule has 0 aliphatic carbocycles. The Hall–Kier alpha value is -3.81. The Morgan fingerprint density at radius 2 is 1.90 bits per heavy atom. The smallest absolute Gasteiger partial charge is 0.255 e. The number of hydrogen-bond donors (Lipinski definition) is 1. The van der Waals surface area contributed by atoms with Crippen molar-refractivity contribution >= 4 is 17.5 Å². The summed E-state index contributed by atoms with van der Waals surface area (Å²) in [5, 5.41) is 7.00. The first-order valence-corrected chi connectivity index (χ1v) is 9.74. The second-order valence-electron chi connectivity index (χ2n) is 7.28. The van der Waals surface area contributed by atoms with Crippen LogP contribution in [0.5, 0.6) is 11.5 Å². The van der Waals surface area contributed by atoms with Gasteiger partial charge in [-0.25, -0.2) is 0 Å². The zero-order chi connectivity index (χ0) is 20.5. The van der Waals surface area contributed by atoms with Crippen LogP contribution in [-0.2, 0) is 24.3 Å². The van der Waals surface area contributed by atoms with Gasteiger partial charge in [-0.1, -0.05) is 24.3 Å². The van der Waals surface area contributed by atoms with E-state index in [1.54, 1.807) is 24.4 Å². The summed E-state index contributed by atoms with van der Waals surface area (Å²) in [4.78, 5) is 27.0. The molecule has 0 saturated heterocycles. The summed E-state index contributed by atoms with van der Waals surface area (Å²) in [7, 11) is 0. The van der Waals surface area contributed by atoms with Gasteiger partial charge in [0, 0.05) is 24.8 Å². The molecule has 2 aliphatic rings. The van der Waals surface area contributed by atoms with Crippen molar-refractivity contribution in [3.05, 3.63) is 71.5 Å². The van der Waals surface area contributed by atoms with Crippen molar-refractivity contribution in [2.24, 2.45) is 0 Å². The van der Waals surface area contributed by atoms with Crippen molar-refractivity contribution in [3.8, 4) is 11.5 Å². The minimum Gasteiger partial charge on any atom is -0.454 e. The Kier molecular flexibility index (Phi) is 4.59. The maximum atomic E-state index is 12.7. The van der Waals surface area contributed by atoms with Crippen molar-refractivity contribution in [1.82, 2.24) is 14.7 Å². The molecule has 0 unspecified atom stereocenters. The summed E-state index contributed by atoms with van der Waals surface area (Å²) >= 11 is 0. The largest absolute Gasteiger partial charge is 0.454 e. The normalized spacial score (nSPS) is 14.3. The molecule has 2 aliphatic heterocycles. The van der Waals surface area contributed by atoms with Gasteiger partial charge in [-0.15, -0.1) is 0 Å². The van der Waals surface area contributed by atoms with E-state index in [4.69, 9.17) is 9.47 Å². The average molecular weight is 404 g/mol. The molecule has 2 amide bonds. The lowest BCUT2D eigenvalue weighted by Gasteiger charge is -2.28. The number of carbonyl (C=O) groups excluding carboxylic acids is 2. The first kappa shape index (κ1) is 18.2. The van der Waals surface area contributed by atoms with Gasteiger partial charge >= 0.3 is 0 Å². The van der Waals surface area contributed by atoms with Gasteiger partial charge in [0.1, 0.15) is 6.54 Å². The van der Waals surface area contributed by atoms with E-state index in [-0.39, 0.29) is 25.2 Å². The number of carbonyl (C=O) groups is 2. The van der Waals surface area contributed by atoms with Crippen LogP contribution in [0.2, 0.25) is 0 Å². The summed E-state index contributed by atoms with van der Waals surface area (Å²) in [6, 6.07) is 13.2. The zero-order valence-electron chi connectivity index (χ0n) is 16.2. The molecule has 0 bridgehead atoms. The highest BCUT2D eigenvalue weighted by Crippen LogP contribution is 2.32. The van der Waals surface area contributed by atoms with Crippen LogP contribution in [0.3, 0.4) is 0 Å². The lowest BCUT2D eigenvalue weighted by atomic mass is 10.00. The van der Waals surface area contributed by atoms with Crippen molar-refractivity contribution in [1.29, 1.82) is 0 Å². The van der Waals surface area contributed by atoms with Gasteiger partial charge in [0.15, 0.2) is 11.5 Å². The molecule has 0 fully saturated rings. The number of ether oxygens (including phenoxy) is 2. The maximum absolute atomic E-state index is 12.7. The molecule has 0 spiro atoms. The van der Waals surface area contributed by atoms with Crippen LogP contribution >= 0.6 is 0 Å². The van der Waals surface area contributed by atoms with Gasteiger partial charge in [0.05, 0.1) is 11.9 Å². The third-order valence-electron chi connectivity index (χ3n) is 5.31. The third-order valence-corrected chi connectivity index (χ3v) is 5.31. The second kappa shape index (κ2) is 7.55. The lowest BCUT2D eigenvalue weighted by Crippen LogP contribution is -2.38. The Balaban J connectivity index is 1.21. The van der Waals surface area contributed by atoms with Crippen molar-refractivity contribution < 1.29 is 19.1 Å². The van der Waals surface area contributed by atoms with Crippen LogP contribution in [0.4, 0.5) is 5.69 Å². The van der Waals surface area contributed by atoms with Crippen LogP contribution in [0.15, 0.2) is 54.9 Å². The lowest BCUT2D eigenvalue weighted by molar-refractivity contribution is -0.133. The van der Waals surface area contributed by atoms with Crippen LogP contribution in [0.25, 0.3) is 0 Å². The number of rotatable bonds is 4. The van der Waals surface area contributed by atoms with Crippen LogP contribution in [-0.4, -0.2) is 39.8 Å². The summed E-state index contributed by atoms with van der Waals surface area (Å²) < 4.78 is 12.1. The minimum absolute atomic E-state index is 0.00116. The van der Waals surface area contributed by atoms with E-state index in [9.17, 15) is 9.59 Å². The number of nitrogens with one attached hydrogen (secondary N) is 1. The Labute approximate surface area is 173 Å². The SMILES string of the molecule is O=C(Nc1cnn(CC(=O)N2CCc3ccccc3C2)c1)c1ccc2c(c1)OCO2. The van der Waals surface area contributed by atoms with E-state index >= 15 is 0 Å². The topological polar surface area (TPSA) is 85.7 Å². The maximum Gasteiger partial charge on any atom is 0.255 e. The van der Waals surface area contributed by atoms with E-state index < -0.39 is 0 Å². The van der Waals surface area contributed by atoms with Crippen molar-refractivity contribution in [2.75, 3.05) is 18.7 Å². The quantitative estimate of drug-likeness (QED) is 0.722. The van der Waals surface area contributed by atoms with E-state index in [0.717, 1.165) is 6.42 Å². The van der Waals surface area contributed by atoms with Gasteiger partial charge in [-0.2, -0.15) is 5.10 Å². The number of fused-ring (bicyclic) bond motifs is 2. The molecule has 0 atom stereocenters. The van der Waals surface area contributed by atoms with Gasteiger partial charge in [-0.05, 0) is 35.7 Å². The highest BCUT2D eigenvalue weighted by molar-refractivity contribution is 6.04. The van der Waals surface area contributed by atoms with E-state index in [1.807, 2.05) is 17.0 Å². The molecule has 2 aromatic carbocycles. The summed E-state index contributed by atoms with van der Waals surface area (Å²) in [5.41, 5.74) is 3.47. The average Bonchev–Trinajstić information content (AvgIpc) is 3.42. The van der Waals surface area contributed by atoms with E-state index in [0.29, 0.717) is 35.8 Å². The standard InChI is InChI=1S/C22H20N4O4/c27-21(25-8-7-15-3-1-2-4-17(15)11-25)13-26-12-18(10-23-26)24-22(28)16-5-6-19-20(9-16)30-14-29-19/h1-6,9-10,12H,7-8,11,13-14H2,(H,24,28). The fourth-order valence-electron chi connectivity index (χ4n) is 3.70. The van der Waals surface area contributed by atoms with Gasteiger partial charge < -0.3 is 19.7 Å². The molecule has 3 aromatic rings. The minimum atomic E-state index is -0.285. The van der Waals surface area contributed by atoms with Crippen molar-refractivity contribution in [3.63, 3.8) is 0 Å².